The first-order chi connectivity index (χ1) is 10.6. The maximum absolute atomic E-state index is 12.0. The molecule has 0 saturated heterocycles. The van der Waals surface area contributed by atoms with Gasteiger partial charge in [0.1, 0.15) is 5.60 Å². The first-order valence-electron chi connectivity index (χ1n) is 7.86. The molecule has 1 amide bonds. The first kappa shape index (κ1) is 20.5. The quantitative estimate of drug-likeness (QED) is 0.696. The van der Waals surface area contributed by atoms with Crippen LogP contribution in [0.4, 0.5) is 4.79 Å². The smallest absolute Gasteiger partial charge is 0.407 e. The summed E-state index contributed by atoms with van der Waals surface area (Å²) in [5.41, 5.74) is -0.917. The number of rotatable bonds is 7. The zero-order chi connectivity index (χ0) is 17.7. The molecule has 1 rings (SSSR count). The van der Waals surface area contributed by atoms with E-state index < -0.39 is 17.1 Å². The average Bonchev–Trinajstić information content (AvgIpc) is 2.79. The molecule has 0 radical (unpaired) electrons. The first-order valence-corrected chi connectivity index (χ1v) is 9.54. The lowest BCUT2D eigenvalue weighted by Crippen LogP contribution is -2.44. The van der Waals surface area contributed by atoms with Crippen molar-refractivity contribution in [2.24, 2.45) is 11.3 Å². The van der Waals surface area contributed by atoms with E-state index in [9.17, 15) is 9.90 Å². The van der Waals surface area contributed by atoms with Crippen LogP contribution in [0.15, 0.2) is 15.9 Å². The van der Waals surface area contributed by atoms with E-state index in [0.717, 1.165) is 17.3 Å². The standard InChI is InChI=1S/C17H28BrNO3S/c1-12(2)8-17(11-20,9-14-13(18)6-7-23-14)10-19-15(21)22-16(3,4)5/h6-7,12,20H,8-11H2,1-5H3,(H,19,21). The van der Waals surface area contributed by atoms with Crippen LogP contribution in [-0.2, 0) is 11.2 Å². The van der Waals surface area contributed by atoms with Gasteiger partial charge in [-0.15, -0.1) is 11.3 Å². The Bertz CT molecular complexity index is 510. The van der Waals surface area contributed by atoms with Crippen LogP contribution in [0.2, 0.25) is 0 Å². The molecule has 0 aromatic carbocycles. The SMILES string of the molecule is CC(C)CC(CO)(CNC(=O)OC(C)(C)C)Cc1sccc1Br. The Labute approximate surface area is 151 Å². The summed E-state index contributed by atoms with van der Waals surface area (Å²) in [6.07, 6.45) is 1.10. The number of hydrogen-bond donors (Lipinski definition) is 2. The Balaban J connectivity index is 2.83. The molecule has 4 nitrogen and oxygen atoms in total. The Morgan fingerprint density at radius 2 is 2.09 bits per heavy atom. The topological polar surface area (TPSA) is 58.6 Å². The minimum absolute atomic E-state index is 0.0192. The van der Waals surface area contributed by atoms with Gasteiger partial charge in [0.15, 0.2) is 0 Å². The number of nitrogens with one attached hydrogen (secondary N) is 1. The van der Waals surface area contributed by atoms with Crippen molar-refractivity contribution in [3.8, 4) is 0 Å². The van der Waals surface area contributed by atoms with Crippen LogP contribution in [0, 0.1) is 11.3 Å². The summed E-state index contributed by atoms with van der Waals surface area (Å²) < 4.78 is 6.36. The lowest BCUT2D eigenvalue weighted by Gasteiger charge is -2.34. The molecule has 2 N–H and O–H groups in total. The van der Waals surface area contributed by atoms with Gasteiger partial charge in [0.05, 0.1) is 6.61 Å². The number of amides is 1. The zero-order valence-corrected chi connectivity index (χ0v) is 17.0. The zero-order valence-electron chi connectivity index (χ0n) is 14.6. The van der Waals surface area contributed by atoms with Crippen molar-refractivity contribution in [1.29, 1.82) is 0 Å². The molecule has 132 valence electrons. The summed E-state index contributed by atoms with van der Waals surface area (Å²) in [5.74, 6) is 0.418. The van der Waals surface area contributed by atoms with E-state index in [2.05, 4.69) is 35.1 Å². The number of thiophene rings is 1. The van der Waals surface area contributed by atoms with Crippen LogP contribution in [0.1, 0.15) is 45.9 Å². The summed E-state index contributed by atoms with van der Waals surface area (Å²) in [5, 5.41) is 14.9. The van der Waals surface area contributed by atoms with Crippen LogP contribution in [0.3, 0.4) is 0 Å². The second-order valence-corrected chi connectivity index (χ2v) is 9.34. The fraction of sp³-hybridized carbons (Fsp3) is 0.706. The van der Waals surface area contributed by atoms with E-state index in [1.165, 1.54) is 4.88 Å². The van der Waals surface area contributed by atoms with Gasteiger partial charge in [-0.1, -0.05) is 13.8 Å². The van der Waals surface area contributed by atoms with Crippen LogP contribution < -0.4 is 5.32 Å². The third kappa shape index (κ3) is 7.23. The van der Waals surface area contributed by atoms with Crippen molar-refractivity contribution in [2.75, 3.05) is 13.2 Å². The van der Waals surface area contributed by atoms with Gasteiger partial charge in [-0.2, -0.15) is 0 Å². The molecule has 1 atom stereocenters. The molecule has 0 aliphatic heterocycles. The number of aliphatic hydroxyl groups excluding tert-OH is 1. The maximum Gasteiger partial charge on any atom is 0.407 e. The molecule has 0 spiro atoms. The molecular weight excluding hydrogens is 378 g/mol. The molecule has 6 heteroatoms. The predicted molar refractivity (Wildman–Crippen MR) is 98.9 cm³/mol. The molecule has 23 heavy (non-hydrogen) atoms. The highest BCUT2D eigenvalue weighted by atomic mass is 79.9. The van der Waals surface area contributed by atoms with Gasteiger partial charge in [-0.25, -0.2) is 4.79 Å². The van der Waals surface area contributed by atoms with Gasteiger partial charge in [0.2, 0.25) is 0 Å². The Kier molecular flexibility index (Phi) is 7.55. The van der Waals surface area contributed by atoms with Gasteiger partial charge in [-0.05, 0) is 66.9 Å². The molecule has 1 unspecified atom stereocenters. The van der Waals surface area contributed by atoms with E-state index in [4.69, 9.17) is 4.74 Å². The van der Waals surface area contributed by atoms with Crippen LogP contribution in [0.25, 0.3) is 0 Å². The molecule has 0 aliphatic rings. The van der Waals surface area contributed by atoms with E-state index in [1.54, 1.807) is 11.3 Å². The Hall–Kier alpha value is -0.590. The fourth-order valence-electron chi connectivity index (χ4n) is 2.61. The minimum atomic E-state index is -0.527. The molecule has 1 heterocycles. The number of carbonyl (C=O) groups is 1. The van der Waals surface area contributed by atoms with Gasteiger partial charge in [0, 0.05) is 21.3 Å². The molecule has 0 saturated carbocycles. The number of halogens is 1. The van der Waals surface area contributed by atoms with Crippen LogP contribution in [0.5, 0.6) is 0 Å². The van der Waals surface area contributed by atoms with Crippen molar-refractivity contribution in [1.82, 2.24) is 5.32 Å². The van der Waals surface area contributed by atoms with Crippen molar-refractivity contribution in [3.05, 3.63) is 20.8 Å². The Morgan fingerprint density at radius 1 is 1.43 bits per heavy atom. The summed E-state index contributed by atoms with van der Waals surface area (Å²) >= 11 is 5.21. The summed E-state index contributed by atoms with van der Waals surface area (Å²) in [6, 6.07) is 2.01. The van der Waals surface area contributed by atoms with Crippen molar-refractivity contribution >= 4 is 33.4 Å². The van der Waals surface area contributed by atoms with Crippen molar-refractivity contribution in [3.63, 3.8) is 0 Å². The molecule has 0 aliphatic carbocycles. The maximum atomic E-state index is 12.0. The van der Waals surface area contributed by atoms with E-state index >= 15 is 0 Å². The van der Waals surface area contributed by atoms with E-state index in [-0.39, 0.29) is 6.61 Å². The van der Waals surface area contributed by atoms with Gasteiger partial charge >= 0.3 is 6.09 Å². The van der Waals surface area contributed by atoms with E-state index in [0.29, 0.717) is 12.5 Å². The minimum Gasteiger partial charge on any atom is -0.444 e. The number of aliphatic hydroxyl groups is 1. The summed E-state index contributed by atoms with van der Waals surface area (Å²) in [4.78, 5) is 13.1. The van der Waals surface area contributed by atoms with Gasteiger partial charge < -0.3 is 15.2 Å². The third-order valence-electron chi connectivity index (χ3n) is 3.41. The molecule has 0 bridgehead atoms. The molecule has 0 fully saturated rings. The predicted octanol–water partition coefficient (Wildman–Crippen LogP) is 4.60. The fourth-order valence-corrected chi connectivity index (χ4v) is 4.28. The normalized spacial score (nSPS) is 14.6. The second-order valence-electron chi connectivity index (χ2n) is 7.48. The summed E-state index contributed by atoms with van der Waals surface area (Å²) in [6.45, 7) is 10.2. The van der Waals surface area contributed by atoms with Gasteiger partial charge in [-0.3, -0.25) is 0 Å². The van der Waals surface area contributed by atoms with E-state index in [1.807, 2.05) is 32.2 Å². The number of hydrogen-bond acceptors (Lipinski definition) is 4. The number of ether oxygens (including phenoxy) is 1. The number of carbonyl (C=O) groups excluding carboxylic acids is 1. The molecule has 1 aromatic rings. The van der Waals surface area contributed by atoms with Gasteiger partial charge in [0.25, 0.3) is 0 Å². The lowest BCUT2D eigenvalue weighted by atomic mass is 9.77. The highest BCUT2D eigenvalue weighted by Gasteiger charge is 2.33. The molecular formula is C17H28BrNO3S. The lowest BCUT2D eigenvalue weighted by molar-refractivity contribution is 0.0441. The Morgan fingerprint density at radius 3 is 2.52 bits per heavy atom. The second kappa shape index (κ2) is 8.49. The highest BCUT2D eigenvalue weighted by molar-refractivity contribution is 9.10. The van der Waals surface area contributed by atoms with Crippen LogP contribution in [-0.4, -0.2) is 30.0 Å². The van der Waals surface area contributed by atoms with Crippen molar-refractivity contribution in [2.45, 2.75) is 53.1 Å². The highest BCUT2D eigenvalue weighted by Crippen LogP contribution is 2.35. The number of alkyl carbamates (subject to hydrolysis) is 1. The molecule has 1 aromatic heterocycles. The summed E-state index contributed by atoms with van der Waals surface area (Å²) in [7, 11) is 0. The van der Waals surface area contributed by atoms with Crippen molar-refractivity contribution < 1.29 is 14.6 Å². The average molecular weight is 406 g/mol. The monoisotopic (exact) mass is 405 g/mol. The van der Waals surface area contributed by atoms with Crippen LogP contribution >= 0.6 is 27.3 Å². The third-order valence-corrected chi connectivity index (χ3v) is 5.34. The largest absolute Gasteiger partial charge is 0.444 e.